The van der Waals surface area contributed by atoms with Gasteiger partial charge in [0.2, 0.25) is 0 Å². The number of aliphatic hydroxyl groups excluding tert-OH is 2. The van der Waals surface area contributed by atoms with Crippen LogP contribution < -0.4 is 10.8 Å². The molecule has 4 rings (SSSR count). The predicted octanol–water partition coefficient (Wildman–Crippen LogP) is 1.89. The Balaban J connectivity index is 1.73. The summed E-state index contributed by atoms with van der Waals surface area (Å²) in [4.78, 5) is 26.0. The molecule has 4 aromatic rings. The lowest BCUT2D eigenvalue weighted by atomic mass is 10.2. The lowest BCUT2D eigenvalue weighted by Gasteiger charge is -2.14. The summed E-state index contributed by atoms with van der Waals surface area (Å²) in [5, 5.41) is 25.2. The second-order valence-corrected chi connectivity index (χ2v) is 7.77. The Morgan fingerprint density at radius 2 is 2.22 bits per heavy atom. The molecule has 166 valence electrons. The van der Waals surface area contributed by atoms with Crippen LogP contribution in [0.25, 0.3) is 17.0 Å². The van der Waals surface area contributed by atoms with Crippen molar-refractivity contribution in [3.8, 4) is 11.3 Å². The number of fused-ring (bicyclic) bond motifs is 1. The van der Waals surface area contributed by atoms with Crippen LogP contribution in [0.3, 0.4) is 0 Å². The summed E-state index contributed by atoms with van der Waals surface area (Å²) in [6.07, 6.45) is 4.47. The first kappa shape index (κ1) is 22.1. The van der Waals surface area contributed by atoms with E-state index in [1.54, 1.807) is 6.07 Å². The molecule has 3 aromatic heterocycles. The minimum Gasteiger partial charge on any atom is -0.443 e. The standard InChI is InChI=1S/C19H16FIN6O5/c20-14-3-10(21)1-2-15(14)24-17-13(19(30)26-32-8-11(29)7-28)6-27-18(25-17)12(4-23-27)16-5-22-9-31-16/h1-6,9,11,28-29H,7-8H2,(H,24,25)(H,26,30). The number of amides is 1. The number of hydroxylamine groups is 1. The summed E-state index contributed by atoms with van der Waals surface area (Å²) < 4.78 is 21.8. The van der Waals surface area contributed by atoms with Crippen LogP contribution in [0.2, 0.25) is 0 Å². The molecule has 0 fully saturated rings. The zero-order valence-corrected chi connectivity index (χ0v) is 18.4. The van der Waals surface area contributed by atoms with Crippen LogP contribution in [-0.4, -0.2) is 55.0 Å². The normalized spacial score (nSPS) is 12.1. The summed E-state index contributed by atoms with van der Waals surface area (Å²) >= 11 is 1.98. The number of anilines is 2. The fourth-order valence-corrected chi connectivity index (χ4v) is 3.18. The van der Waals surface area contributed by atoms with E-state index in [-0.39, 0.29) is 23.7 Å². The maximum Gasteiger partial charge on any atom is 0.280 e. The van der Waals surface area contributed by atoms with Crippen LogP contribution in [0.15, 0.2) is 47.6 Å². The van der Waals surface area contributed by atoms with Gasteiger partial charge in [-0.05, 0) is 40.8 Å². The molecule has 3 heterocycles. The number of carbonyl (C=O) groups excluding carboxylic acids is 1. The van der Waals surface area contributed by atoms with Gasteiger partial charge in [-0.1, -0.05) is 0 Å². The Hall–Kier alpha value is -3.14. The van der Waals surface area contributed by atoms with Crippen LogP contribution in [0.1, 0.15) is 10.4 Å². The highest BCUT2D eigenvalue weighted by molar-refractivity contribution is 14.1. The van der Waals surface area contributed by atoms with E-state index in [2.05, 4.69) is 25.9 Å². The van der Waals surface area contributed by atoms with Crippen LogP contribution in [0.4, 0.5) is 15.9 Å². The minimum absolute atomic E-state index is 0.0128. The van der Waals surface area contributed by atoms with Crippen molar-refractivity contribution in [1.82, 2.24) is 25.1 Å². The molecule has 32 heavy (non-hydrogen) atoms. The number of benzene rings is 1. The van der Waals surface area contributed by atoms with Crippen LogP contribution >= 0.6 is 22.6 Å². The monoisotopic (exact) mass is 554 g/mol. The van der Waals surface area contributed by atoms with Crippen molar-refractivity contribution in [2.75, 3.05) is 18.5 Å². The molecule has 0 bridgehead atoms. The molecule has 1 amide bonds. The Bertz CT molecular complexity index is 1250. The zero-order valence-electron chi connectivity index (χ0n) is 16.2. The van der Waals surface area contributed by atoms with Gasteiger partial charge in [0.1, 0.15) is 29.9 Å². The maximum atomic E-state index is 14.4. The van der Waals surface area contributed by atoms with E-state index in [1.165, 1.54) is 41.6 Å². The third-order valence-electron chi connectivity index (χ3n) is 4.27. The molecule has 1 atom stereocenters. The van der Waals surface area contributed by atoms with Gasteiger partial charge in [0.25, 0.3) is 5.91 Å². The number of hydrogen-bond acceptors (Lipinski definition) is 9. The molecule has 0 aliphatic rings. The summed E-state index contributed by atoms with van der Waals surface area (Å²) in [5.74, 6) is -0.814. The number of nitrogens with zero attached hydrogens (tertiary/aromatic N) is 4. The van der Waals surface area contributed by atoms with Crippen LogP contribution in [0.5, 0.6) is 0 Å². The number of hydrogen-bond donors (Lipinski definition) is 4. The van der Waals surface area contributed by atoms with Gasteiger partial charge in [-0.25, -0.2) is 24.4 Å². The van der Waals surface area contributed by atoms with E-state index < -0.39 is 24.4 Å². The van der Waals surface area contributed by atoms with Gasteiger partial charge in [-0.2, -0.15) is 5.10 Å². The lowest BCUT2D eigenvalue weighted by molar-refractivity contribution is -0.0295. The third-order valence-corrected chi connectivity index (χ3v) is 4.94. The van der Waals surface area contributed by atoms with Crippen LogP contribution in [0, 0.1) is 9.39 Å². The molecule has 0 aliphatic heterocycles. The van der Waals surface area contributed by atoms with Crippen LogP contribution in [-0.2, 0) is 4.84 Å². The van der Waals surface area contributed by atoms with Gasteiger partial charge in [-0.3, -0.25) is 9.63 Å². The zero-order chi connectivity index (χ0) is 22.7. The highest BCUT2D eigenvalue weighted by Crippen LogP contribution is 2.28. The Morgan fingerprint density at radius 3 is 2.94 bits per heavy atom. The lowest BCUT2D eigenvalue weighted by Crippen LogP contribution is -2.30. The second-order valence-electron chi connectivity index (χ2n) is 6.52. The minimum atomic E-state index is -1.16. The number of halogens is 2. The molecular weight excluding hydrogens is 538 g/mol. The molecule has 0 radical (unpaired) electrons. The Morgan fingerprint density at radius 1 is 1.38 bits per heavy atom. The topological polar surface area (TPSA) is 147 Å². The van der Waals surface area contributed by atoms with Crippen molar-refractivity contribution in [3.63, 3.8) is 0 Å². The fourth-order valence-electron chi connectivity index (χ4n) is 2.72. The highest BCUT2D eigenvalue weighted by atomic mass is 127. The smallest absolute Gasteiger partial charge is 0.280 e. The summed E-state index contributed by atoms with van der Waals surface area (Å²) in [6.45, 7) is -0.857. The molecule has 0 saturated heterocycles. The Kier molecular flexibility index (Phi) is 6.59. The summed E-state index contributed by atoms with van der Waals surface area (Å²) in [6, 6.07) is 4.55. The quantitative estimate of drug-likeness (QED) is 0.189. The molecule has 13 heteroatoms. The highest BCUT2D eigenvalue weighted by Gasteiger charge is 2.20. The largest absolute Gasteiger partial charge is 0.443 e. The van der Waals surface area contributed by atoms with E-state index in [0.29, 0.717) is 20.5 Å². The summed E-state index contributed by atoms with van der Waals surface area (Å²) in [5.41, 5.74) is 3.10. The van der Waals surface area contributed by atoms with Gasteiger partial charge in [0.05, 0.1) is 30.3 Å². The second kappa shape index (κ2) is 9.56. The van der Waals surface area contributed by atoms with E-state index in [1.807, 2.05) is 22.6 Å². The van der Waals surface area contributed by atoms with E-state index in [9.17, 15) is 14.3 Å². The van der Waals surface area contributed by atoms with E-state index in [0.717, 1.165) is 0 Å². The molecule has 0 saturated carbocycles. The van der Waals surface area contributed by atoms with E-state index in [4.69, 9.17) is 14.4 Å². The number of rotatable bonds is 8. The van der Waals surface area contributed by atoms with Crippen molar-refractivity contribution in [2.45, 2.75) is 6.10 Å². The number of oxazole rings is 1. The molecule has 11 nitrogen and oxygen atoms in total. The van der Waals surface area contributed by atoms with Crippen molar-refractivity contribution in [3.05, 3.63) is 58.1 Å². The Labute approximate surface area is 193 Å². The van der Waals surface area contributed by atoms with E-state index >= 15 is 0 Å². The van der Waals surface area contributed by atoms with Crippen molar-refractivity contribution < 1.29 is 28.7 Å². The van der Waals surface area contributed by atoms with Crippen molar-refractivity contribution in [1.29, 1.82) is 0 Å². The molecule has 1 aromatic carbocycles. The molecule has 1 unspecified atom stereocenters. The first-order chi connectivity index (χ1) is 15.5. The average molecular weight is 554 g/mol. The third kappa shape index (κ3) is 4.69. The molecule has 4 N–H and O–H groups in total. The SMILES string of the molecule is O=C(NOCC(O)CO)c1cn2ncc(-c3cnco3)c2nc1Nc1ccc(I)cc1F. The van der Waals surface area contributed by atoms with Crippen molar-refractivity contribution >= 4 is 45.7 Å². The number of nitrogens with one attached hydrogen (secondary N) is 2. The first-order valence-electron chi connectivity index (χ1n) is 9.16. The average Bonchev–Trinajstić information content (AvgIpc) is 3.44. The maximum absolute atomic E-state index is 14.4. The molecule has 0 aliphatic carbocycles. The number of aromatic nitrogens is 4. The van der Waals surface area contributed by atoms with Crippen molar-refractivity contribution in [2.24, 2.45) is 0 Å². The number of carbonyl (C=O) groups is 1. The van der Waals surface area contributed by atoms with Gasteiger partial charge >= 0.3 is 0 Å². The first-order valence-corrected chi connectivity index (χ1v) is 10.2. The molecular formula is C19H16FIN6O5. The van der Waals surface area contributed by atoms with Gasteiger partial charge < -0.3 is 19.9 Å². The van der Waals surface area contributed by atoms with Gasteiger partial charge in [0, 0.05) is 9.77 Å². The fraction of sp³-hybridized carbons (Fsp3) is 0.158. The number of aliphatic hydroxyl groups is 2. The van der Waals surface area contributed by atoms with Gasteiger partial charge in [0.15, 0.2) is 17.8 Å². The predicted molar refractivity (Wildman–Crippen MR) is 117 cm³/mol. The van der Waals surface area contributed by atoms with Gasteiger partial charge in [-0.15, -0.1) is 0 Å². The summed E-state index contributed by atoms with van der Waals surface area (Å²) in [7, 11) is 0. The molecule has 0 spiro atoms.